The second-order valence-electron chi connectivity index (χ2n) is 5.11. The van der Waals surface area contributed by atoms with Crippen LogP contribution >= 0.6 is 0 Å². The zero-order valence-electron chi connectivity index (χ0n) is 10.4. The van der Waals surface area contributed by atoms with Gasteiger partial charge in [-0.3, -0.25) is 0 Å². The Morgan fingerprint density at radius 3 is 2.71 bits per heavy atom. The first-order chi connectivity index (χ1) is 8.16. The standard InChI is InChI=1S/C14H18N2O/c1-8-7-11-13(9(2)12(8)15)16-14(17-11)10-5-3-4-6-10/h7,10H,3-6,15H2,1-2H3. The summed E-state index contributed by atoms with van der Waals surface area (Å²) in [6.45, 7) is 4.03. The van der Waals surface area contributed by atoms with Crippen molar-refractivity contribution in [1.82, 2.24) is 4.98 Å². The third-order valence-corrected chi connectivity index (χ3v) is 3.91. The van der Waals surface area contributed by atoms with E-state index in [4.69, 9.17) is 10.2 Å². The van der Waals surface area contributed by atoms with E-state index in [0.717, 1.165) is 33.8 Å². The van der Waals surface area contributed by atoms with Crippen molar-refractivity contribution in [2.24, 2.45) is 0 Å². The minimum absolute atomic E-state index is 0.517. The Balaban J connectivity index is 2.15. The summed E-state index contributed by atoms with van der Waals surface area (Å²) in [5, 5.41) is 0. The van der Waals surface area contributed by atoms with E-state index >= 15 is 0 Å². The van der Waals surface area contributed by atoms with E-state index in [1.54, 1.807) is 0 Å². The predicted molar refractivity (Wildman–Crippen MR) is 69.1 cm³/mol. The van der Waals surface area contributed by atoms with Gasteiger partial charge in [-0.25, -0.2) is 4.98 Å². The van der Waals surface area contributed by atoms with E-state index in [2.05, 4.69) is 4.98 Å². The van der Waals surface area contributed by atoms with Crippen LogP contribution in [0.5, 0.6) is 0 Å². The van der Waals surface area contributed by atoms with Gasteiger partial charge in [0.1, 0.15) is 5.52 Å². The van der Waals surface area contributed by atoms with Gasteiger partial charge in [-0.2, -0.15) is 0 Å². The number of aryl methyl sites for hydroxylation is 2. The highest BCUT2D eigenvalue weighted by molar-refractivity contribution is 5.83. The zero-order chi connectivity index (χ0) is 12.0. The number of oxazole rings is 1. The molecule has 0 bridgehead atoms. The Labute approximate surface area is 101 Å². The summed E-state index contributed by atoms with van der Waals surface area (Å²) in [7, 11) is 0. The van der Waals surface area contributed by atoms with Crippen molar-refractivity contribution in [1.29, 1.82) is 0 Å². The lowest BCUT2D eigenvalue weighted by molar-refractivity contribution is 0.474. The molecule has 2 N–H and O–H groups in total. The van der Waals surface area contributed by atoms with Crippen molar-refractivity contribution < 1.29 is 4.42 Å². The first-order valence-electron chi connectivity index (χ1n) is 6.33. The van der Waals surface area contributed by atoms with Crippen LogP contribution in [0.4, 0.5) is 5.69 Å². The van der Waals surface area contributed by atoms with Gasteiger partial charge < -0.3 is 10.2 Å². The molecule has 1 aliphatic rings. The number of benzene rings is 1. The van der Waals surface area contributed by atoms with Crippen LogP contribution in [0.2, 0.25) is 0 Å². The van der Waals surface area contributed by atoms with Gasteiger partial charge in [0.2, 0.25) is 0 Å². The van der Waals surface area contributed by atoms with Crippen LogP contribution in [0, 0.1) is 13.8 Å². The van der Waals surface area contributed by atoms with E-state index in [1.807, 2.05) is 19.9 Å². The van der Waals surface area contributed by atoms with Crippen molar-refractivity contribution in [2.75, 3.05) is 5.73 Å². The number of anilines is 1. The van der Waals surface area contributed by atoms with Crippen LogP contribution < -0.4 is 5.73 Å². The molecule has 1 aliphatic carbocycles. The first-order valence-corrected chi connectivity index (χ1v) is 6.33. The number of nitrogens with two attached hydrogens (primary N) is 1. The number of rotatable bonds is 1. The highest BCUT2D eigenvalue weighted by atomic mass is 16.3. The van der Waals surface area contributed by atoms with Gasteiger partial charge in [-0.1, -0.05) is 12.8 Å². The summed E-state index contributed by atoms with van der Waals surface area (Å²) < 4.78 is 5.90. The fourth-order valence-electron chi connectivity index (χ4n) is 2.76. The molecular formula is C14H18N2O. The highest BCUT2D eigenvalue weighted by Crippen LogP contribution is 2.36. The quantitative estimate of drug-likeness (QED) is 0.760. The average Bonchev–Trinajstić information content (AvgIpc) is 2.93. The molecule has 2 aromatic rings. The van der Waals surface area contributed by atoms with Crippen LogP contribution in [0.3, 0.4) is 0 Å². The van der Waals surface area contributed by atoms with Crippen molar-refractivity contribution in [2.45, 2.75) is 45.4 Å². The fourth-order valence-corrected chi connectivity index (χ4v) is 2.76. The second kappa shape index (κ2) is 3.76. The van der Waals surface area contributed by atoms with E-state index in [9.17, 15) is 0 Å². The highest BCUT2D eigenvalue weighted by Gasteiger charge is 2.23. The third kappa shape index (κ3) is 1.61. The van der Waals surface area contributed by atoms with Gasteiger partial charge in [-0.15, -0.1) is 0 Å². The molecular weight excluding hydrogens is 212 g/mol. The van der Waals surface area contributed by atoms with Crippen molar-refractivity contribution in [3.05, 3.63) is 23.1 Å². The molecule has 1 heterocycles. The molecule has 3 rings (SSSR count). The van der Waals surface area contributed by atoms with Gasteiger partial charge in [-0.05, 0) is 38.3 Å². The lowest BCUT2D eigenvalue weighted by Crippen LogP contribution is -1.94. The minimum Gasteiger partial charge on any atom is -0.440 e. The predicted octanol–water partition coefficient (Wildman–Crippen LogP) is 3.68. The van der Waals surface area contributed by atoms with Gasteiger partial charge in [0.05, 0.1) is 0 Å². The molecule has 1 saturated carbocycles. The van der Waals surface area contributed by atoms with E-state index in [1.165, 1.54) is 25.7 Å². The third-order valence-electron chi connectivity index (χ3n) is 3.91. The summed E-state index contributed by atoms with van der Waals surface area (Å²) >= 11 is 0. The van der Waals surface area contributed by atoms with Crippen LogP contribution in [-0.4, -0.2) is 4.98 Å². The molecule has 3 heteroatoms. The summed E-state index contributed by atoms with van der Waals surface area (Å²) in [5.41, 5.74) is 10.8. The normalized spacial score (nSPS) is 17.1. The molecule has 3 nitrogen and oxygen atoms in total. The molecule has 0 unspecified atom stereocenters. The topological polar surface area (TPSA) is 52.0 Å². The monoisotopic (exact) mass is 230 g/mol. The number of nitrogens with zero attached hydrogens (tertiary/aromatic N) is 1. The summed E-state index contributed by atoms with van der Waals surface area (Å²) in [6.07, 6.45) is 5.01. The Morgan fingerprint density at radius 1 is 1.29 bits per heavy atom. The van der Waals surface area contributed by atoms with E-state index in [-0.39, 0.29) is 0 Å². The van der Waals surface area contributed by atoms with Crippen LogP contribution in [0.25, 0.3) is 11.1 Å². The Morgan fingerprint density at radius 2 is 2.00 bits per heavy atom. The van der Waals surface area contributed by atoms with Gasteiger partial charge in [0.15, 0.2) is 11.5 Å². The SMILES string of the molecule is Cc1cc2oc(C3CCCC3)nc2c(C)c1N. The lowest BCUT2D eigenvalue weighted by atomic mass is 10.1. The Bertz CT molecular complexity index is 565. The summed E-state index contributed by atoms with van der Waals surface area (Å²) in [5.74, 6) is 1.42. The Kier molecular flexibility index (Phi) is 2.35. The van der Waals surface area contributed by atoms with Crippen LogP contribution in [-0.2, 0) is 0 Å². The molecule has 1 aromatic carbocycles. The molecule has 1 fully saturated rings. The lowest BCUT2D eigenvalue weighted by Gasteiger charge is -2.02. The smallest absolute Gasteiger partial charge is 0.198 e. The van der Waals surface area contributed by atoms with Crippen LogP contribution in [0.1, 0.15) is 48.6 Å². The molecule has 0 atom stereocenters. The maximum Gasteiger partial charge on any atom is 0.198 e. The van der Waals surface area contributed by atoms with Crippen molar-refractivity contribution in [3.63, 3.8) is 0 Å². The fraction of sp³-hybridized carbons (Fsp3) is 0.500. The minimum atomic E-state index is 0.517. The number of aromatic nitrogens is 1. The molecule has 0 aliphatic heterocycles. The van der Waals surface area contributed by atoms with Gasteiger partial charge in [0.25, 0.3) is 0 Å². The molecule has 0 amide bonds. The van der Waals surface area contributed by atoms with Gasteiger partial charge >= 0.3 is 0 Å². The Hall–Kier alpha value is -1.51. The maximum atomic E-state index is 6.03. The molecule has 0 spiro atoms. The number of hydrogen-bond acceptors (Lipinski definition) is 3. The van der Waals surface area contributed by atoms with E-state index < -0.39 is 0 Å². The summed E-state index contributed by atoms with van der Waals surface area (Å²) in [4.78, 5) is 4.65. The number of fused-ring (bicyclic) bond motifs is 1. The van der Waals surface area contributed by atoms with Crippen molar-refractivity contribution in [3.8, 4) is 0 Å². The largest absolute Gasteiger partial charge is 0.440 e. The molecule has 0 saturated heterocycles. The van der Waals surface area contributed by atoms with Crippen LogP contribution in [0.15, 0.2) is 10.5 Å². The molecule has 17 heavy (non-hydrogen) atoms. The molecule has 90 valence electrons. The van der Waals surface area contributed by atoms with E-state index in [0.29, 0.717) is 5.92 Å². The zero-order valence-corrected chi connectivity index (χ0v) is 10.4. The number of hydrogen-bond donors (Lipinski definition) is 1. The molecule has 0 radical (unpaired) electrons. The average molecular weight is 230 g/mol. The summed E-state index contributed by atoms with van der Waals surface area (Å²) in [6, 6.07) is 2.00. The molecule has 1 aromatic heterocycles. The number of nitrogen functional groups attached to an aromatic ring is 1. The first kappa shape index (κ1) is 10.6. The van der Waals surface area contributed by atoms with Crippen molar-refractivity contribution >= 4 is 16.8 Å². The maximum absolute atomic E-state index is 6.03. The second-order valence-corrected chi connectivity index (χ2v) is 5.11. The van der Waals surface area contributed by atoms with Gasteiger partial charge in [0, 0.05) is 17.2 Å².